The van der Waals surface area contributed by atoms with Gasteiger partial charge in [-0.15, -0.1) is 0 Å². The maximum absolute atomic E-state index is 5.73. The standard InChI is InChI=1S/C19H18O2/c1-3-5-9-16(4-2)20-18-12-14-19(15-13-18)21-17-10-7-6-8-11-17/h3-15H,2H2,1H3/b5-3-,16-9+. The van der Waals surface area contributed by atoms with Crippen molar-refractivity contribution < 1.29 is 9.47 Å². The highest BCUT2D eigenvalue weighted by atomic mass is 16.5. The summed E-state index contributed by atoms with van der Waals surface area (Å²) in [5, 5.41) is 0. The van der Waals surface area contributed by atoms with Gasteiger partial charge in [-0.1, -0.05) is 36.9 Å². The molecule has 0 aliphatic carbocycles. The van der Waals surface area contributed by atoms with E-state index < -0.39 is 0 Å². The molecule has 0 bridgehead atoms. The van der Waals surface area contributed by atoms with E-state index in [-0.39, 0.29) is 0 Å². The monoisotopic (exact) mass is 278 g/mol. The molecule has 0 spiro atoms. The fraction of sp³-hybridized carbons (Fsp3) is 0.0526. The first kappa shape index (κ1) is 14.7. The SMILES string of the molecule is C=C/C(=C\C=C/C)Oc1ccc(Oc2ccccc2)cc1. The van der Waals surface area contributed by atoms with Gasteiger partial charge in [-0.2, -0.15) is 0 Å². The van der Waals surface area contributed by atoms with Crippen molar-refractivity contribution in [2.75, 3.05) is 0 Å². The Morgan fingerprint density at radius 2 is 1.52 bits per heavy atom. The number of hydrogen-bond acceptors (Lipinski definition) is 2. The average molecular weight is 278 g/mol. The lowest BCUT2D eigenvalue weighted by molar-refractivity contribution is 0.441. The van der Waals surface area contributed by atoms with Gasteiger partial charge in [0.25, 0.3) is 0 Å². The fourth-order valence-electron chi connectivity index (χ4n) is 1.67. The fourth-order valence-corrected chi connectivity index (χ4v) is 1.67. The van der Waals surface area contributed by atoms with Crippen LogP contribution in [0.4, 0.5) is 0 Å². The summed E-state index contributed by atoms with van der Waals surface area (Å²) in [5.41, 5.74) is 0. The van der Waals surface area contributed by atoms with Crippen molar-refractivity contribution in [3.8, 4) is 17.2 Å². The molecule has 0 heterocycles. The minimum Gasteiger partial charge on any atom is -0.457 e. The quantitative estimate of drug-likeness (QED) is 0.513. The Balaban J connectivity index is 2.03. The van der Waals surface area contributed by atoms with E-state index in [4.69, 9.17) is 9.47 Å². The molecule has 0 unspecified atom stereocenters. The van der Waals surface area contributed by atoms with Crippen LogP contribution in [0.2, 0.25) is 0 Å². The summed E-state index contributed by atoms with van der Waals surface area (Å²) in [6.07, 6.45) is 7.38. The average Bonchev–Trinajstić information content (AvgIpc) is 2.54. The van der Waals surface area contributed by atoms with E-state index in [9.17, 15) is 0 Å². The summed E-state index contributed by atoms with van der Waals surface area (Å²) in [6.45, 7) is 5.68. The summed E-state index contributed by atoms with van der Waals surface area (Å²) in [6, 6.07) is 17.1. The van der Waals surface area contributed by atoms with Crippen molar-refractivity contribution in [1.82, 2.24) is 0 Å². The molecule has 0 saturated carbocycles. The Morgan fingerprint density at radius 1 is 0.905 bits per heavy atom. The van der Waals surface area contributed by atoms with E-state index >= 15 is 0 Å². The second-order valence-electron chi connectivity index (χ2n) is 4.29. The summed E-state index contributed by atoms with van der Waals surface area (Å²) in [7, 11) is 0. The van der Waals surface area contributed by atoms with Crippen molar-refractivity contribution >= 4 is 0 Å². The van der Waals surface area contributed by atoms with Gasteiger partial charge in [0, 0.05) is 0 Å². The van der Waals surface area contributed by atoms with Crippen LogP contribution in [0.15, 0.2) is 91.2 Å². The zero-order chi connectivity index (χ0) is 14.9. The van der Waals surface area contributed by atoms with Gasteiger partial charge in [-0.25, -0.2) is 0 Å². The lowest BCUT2D eigenvalue weighted by atomic mass is 10.3. The molecular formula is C19H18O2. The number of hydrogen-bond donors (Lipinski definition) is 0. The first-order valence-electron chi connectivity index (χ1n) is 6.78. The minimum atomic E-state index is 0.699. The maximum atomic E-state index is 5.73. The molecule has 2 aromatic rings. The first-order chi connectivity index (χ1) is 10.3. The molecule has 0 fully saturated rings. The molecule has 2 rings (SSSR count). The topological polar surface area (TPSA) is 18.5 Å². The lowest BCUT2D eigenvalue weighted by Crippen LogP contribution is -1.91. The van der Waals surface area contributed by atoms with E-state index in [0.29, 0.717) is 5.76 Å². The van der Waals surface area contributed by atoms with Crippen molar-refractivity contribution in [2.45, 2.75) is 6.92 Å². The third-order valence-electron chi connectivity index (χ3n) is 2.69. The van der Waals surface area contributed by atoms with E-state index in [1.165, 1.54) is 0 Å². The molecule has 0 radical (unpaired) electrons. The number of ether oxygens (including phenoxy) is 2. The van der Waals surface area contributed by atoms with Crippen molar-refractivity contribution in [1.29, 1.82) is 0 Å². The molecule has 2 aromatic carbocycles. The number of allylic oxidation sites excluding steroid dienone is 4. The second kappa shape index (κ2) is 7.75. The molecule has 2 nitrogen and oxygen atoms in total. The smallest absolute Gasteiger partial charge is 0.127 e. The van der Waals surface area contributed by atoms with Crippen molar-refractivity contribution in [3.05, 3.63) is 91.2 Å². The first-order valence-corrected chi connectivity index (χ1v) is 6.78. The normalized spacial score (nSPS) is 11.4. The summed E-state index contributed by atoms with van der Waals surface area (Å²) < 4.78 is 11.4. The van der Waals surface area contributed by atoms with E-state index in [1.54, 1.807) is 6.08 Å². The van der Waals surface area contributed by atoms with Crippen LogP contribution in [0.1, 0.15) is 6.92 Å². The van der Waals surface area contributed by atoms with Gasteiger partial charge in [-0.3, -0.25) is 0 Å². The zero-order valence-corrected chi connectivity index (χ0v) is 12.0. The summed E-state index contributed by atoms with van der Waals surface area (Å²) in [4.78, 5) is 0. The van der Waals surface area contributed by atoms with Crippen LogP contribution < -0.4 is 9.47 Å². The third-order valence-corrected chi connectivity index (χ3v) is 2.69. The maximum Gasteiger partial charge on any atom is 0.127 e. The van der Waals surface area contributed by atoms with E-state index in [1.807, 2.05) is 79.7 Å². The minimum absolute atomic E-state index is 0.699. The molecule has 0 aromatic heterocycles. The zero-order valence-electron chi connectivity index (χ0n) is 12.0. The van der Waals surface area contributed by atoms with Crippen LogP contribution in [0.25, 0.3) is 0 Å². The second-order valence-corrected chi connectivity index (χ2v) is 4.29. The van der Waals surface area contributed by atoms with Crippen molar-refractivity contribution in [2.24, 2.45) is 0 Å². The van der Waals surface area contributed by atoms with Crippen LogP contribution >= 0.6 is 0 Å². The van der Waals surface area contributed by atoms with Crippen LogP contribution in [-0.4, -0.2) is 0 Å². The Hall–Kier alpha value is -2.74. The molecule has 0 atom stereocenters. The Bertz CT molecular complexity index is 622. The molecule has 106 valence electrons. The molecule has 0 aliphatic heterocycles. The highest BCUT2D eigenvalue weighted by Crippen LogP contribution is 2.24. The molecule has 21 heavy (non-hydrogen) atoms. The number of benzene rings is 2. The van der Waals surface area contributed by atoms with Crippen LogP contribution in [0.5, 0.6) is 17.2 Å². The predicted octanol–water partition coefficient (Wildman–Crippen LogP) is 5.50. The molecule has 2 heteroatoms. The van der Waals surface area contributed by atoms with E-state index in [0.717, 1.165) is 17.2 Å². The van der Waals surface area contributed by atoms with Gasteiger partial charge in [0.2, 0.25) is 0 Å². The van der Waals surface area contributed by atoms with Crippen LogP contribution in [0, 0.1) is 0 Å². The summed E-state index contributed by atoms with van der Waals surface area (Å²) in [5.74, 6) is 3.02. The molecule has 0 aliphatic rings. The Kier molecular flexibility index (Phi) is 5.41. The number of rotatable bonds is 6. The van der Waals surface area contributed by atoms with Gasteiger partial charge in [0.05, 0.1) is 0 Å². The largest absolute Gasteiger partial charge is 0.457 e. The molecule has 0 amide bonds. The Morgan fingerprint density at radius 3 is 2.14 bits per heavy atom. The van der Waals surface area contributed by atoms with E-state index in [2.05, 4.69) is 6.58 Å². The van der Waals surface area contributed by atoms with Gasteiger partial charge in [0.15, 0.2) is 0 Å². The highest BCUT2D eigenvalue weighted by molar-refractivity contribution is 5.36. The van der Waals surface area contributed by atoms with Crippen molar-refractivity contribution in [3.63, 3.8) is 0 Å². The van der Waals surface area contributed by atoms with Gasteiger partial charge >= 0.3 is 0 Å². The van der Waals surface area contributed by atoms with Gasteiger partial charge in [-0.05, 0) is 55.5 Å². The van der Waals surface area contributed by atoms with Gasteiger partial charge in [0.1, 0.15) is 23.0 Å². The molecular weight excluding hydrogens is 260 g/mol. The molecule has 0 N–H and O–H groups in total. The summed E-state index contributed by atoms with van der Waals surface area (Å²) >= 11 is 0. The van der Waals surface area contributed by atoms with Crippen LogP contribution in [-0.2, 0) is 0 Å². The number of para-hydroxylation sites is 1. The highest BCUT2D eigenvalue weighted by Gasteiger charge is 1.99. The van der Waals surface area contributed by atoms with Gasteiger partial charge < -0.3 is 9.47 Å². The lowest BCUT2D eigenvalue weighted by Gasteiger charge is -2.08. The Labute approximate surface area is 125 Å². The predicted molar refractivity (Wildman–Crippen MR) is 86.7 cm³/mol. The molecule has 0 saturated heterocycles. The third kappa shape index (κ3) is 4.69. The van der Waals surface area contributed by atoms with Crippen LogP contribution in [0.3, 0.4) is 0 Å².